The summed E-state index contributed by atoms with van der Waals surface area (Å²) in [6.07, 6.45) is 2.52. The summed E-state index contributed by atoms with van der Waals surface area (Å²) in [5.41, 5.74) is 2.29. The highest BCUT2D eigenvalue weighted by Gasteiger charge is 2.19. The van der Waals surface area contributed by atoms with Gasteiger partial charge in [-0.05, 0) is 22.4 Å². The fourth-order valence-corrected chi connectivity index (χ4v) is 3.01. The number of nitrogens with one attached hydrogen (secondary N) is 1. The summed E-state index contributed by atoms with van der Waals surface area (Å²) < 4.78 is 11.6. The number of aromatic nitrogens is 4. The SMILES string of the molecule is O=C(CCn1cc([N+](=O)[O-])cn1)Nc1ccc(N2CCOCC2)c2nonc12. The molecule has 0 aliphatic carbocycles. The van der Waals surface area contributed by atoms with E-state index in [9.17, 15) is 14.9 Å². The molecule has 28 heavy (non-hydrogen) atoms. The molecule has 2 aromatic heterocycles. The molecular weight excluding hydrogens is 370 g/mol. The second kappa shape index (κ2) is 7.60. The normalized spacial score (nSPS) is 14.4. The van der Waals surface area contributed by atoms with Gasteiger partial charge in [0.2, 0.25) is 5.91 Å². The number of amides is 1. The van der Waals surface area contributed by atoms with Crippen molar-refractivity contribution in [1.82, 2.24) is 20.1 Å². The number of aryl methyl sites for hydroxylation is 1. The Morgan fingerprint density at radius 2 is 2.04 bits per heavy atom. The van der Waals surface area contributed by atoms with Crippen molar-refractivity contribution < 1.29 is 19.1 Å². The lowest BCUT2D eigenvalue weighted by molar-refractivity contribution is -0.385. The van der Waals surface area contributed by atoms with Crippen molar-refractivity contribution in [3.63, 3.8) is 0 Å². The fraction of sp³-hybridized carbons (Fsp3) is 0.375. The number of hydrogen-bond acceptors (Lipinski definition) is 9. The summed E-state index contributed by atoms with van der Waals surface area (Å²) in [5, 5.41) is 25.2. The van der Waals surface area contributed by atoms with Gasteiger partial charge >= 0.3 is 5.69 Å². The third kappa shape index (κ3) is 3.62. The Balaban J connectivity index is 1.44. The molecular formula is C16H17N7O5. The number of carbonyl (C=O) groups excluding carboxylic acids is 1. The lowest BCUT2D eigenvalue weighted by atomic mass is 10.2. The number of nitro groups is 1. The Morgan fingerprint density at radius 3 is 2.79 bits per heavy atom. The van der Waals surface area contributed by atoms with Crippen LogP contribution in [0.15, 0.2) is 29.2 Å². The highest BCUT2D eigenvalue weighted by atomic mass is 16.6. The highest BCUT2D eigenvalue weighted by Crippen LogP contribution is 2.30. The standard InChI is InChI=1S/C16H17N7O5/c24-14(3-4-22-10-11(9-17-22)23(25)26)18-12-1-2-13(16-15(12)19-28-20-16)21-5-7-27-8-6-21/h1-2,9-10H,3-8H2,(H,18,24). The number of ether oxygens (including phenoxy) is 1. The van der Waals surface area contributed by atoms with Gasteiger partial charge in [0.05, 0.1) is 29.5 Å². The van der Waals surface area contributed by atoms with Crippen molar-refractivity contribution in [3.8, 4) is 0 Å². The zero-order valence-electron chi connectivity index (χ0n) is 14.8. The maximum atomic E-state index is 12.3. The van der Waals surface area contributed by atoms with E-state index in [-0.39, 0.29) is 24.6 Å². The van der Waals surface area contributed by atoms with Gasteiger partial charge in [0.15, 0.2) is 11.0 Å². The topological polar surface area (TPSA) is 141 Å². The smallest absolute Gasteiger partial charge is 0.306 e. The molecule has 1 amide bonds. The second-order valence-electron chi connectivity index (χ2n) is 6.21. The first-order valence-electron chi connectivity index (χ1n) is 8.66. The molecule has 3 heterocycles. The van der Waals surface area contributed by atoms with Crippen LogP contribution in [0.2, 0.25) is 0 Å². The van der Waals surface area contributed by atoms with Crippen LogP contribution < -0.4 is 10.2 Å². The predicted octanol–water partition coefficient (Wildman–Crippen LogP) is 1.19. The molecule has 1 aliphatic rings. The molecule has 0 bridgehead atoms. The van der Waals surface area contributed by atoms with E-state index >= 15 is 0 Å². The number of anilines is 2. The fourth-order valence-electron chi connectivity index (χ4n) is 3.01. The van der Waals surface area contributed by atoms with Crippen LogP contribution in [0, 0.1) is 10.1 Å². The van der Waals surface area contributed by atoms with Crippen LogP contribution in [-0.4, -0.2) is 57.2 Å². The number of morpholine rings is 1. The molecule has 0 unspecified atom stereocenters. The highest BCUT2D eigenvalue weighted by molar-refractivity contribution is 6.02. The van der Waals surface area contributed by atoms with Gasteiger partial charge in [-0.2, -0.15) is 5.10 Å². The summed E-state index contributed by atoms with van der Waals surface area (Å²) in [4.78, 5) is 24.6. The Hall–Kier alpha value is -3.54. The molecule has 12 heteroatoms. The van der Waals surface area contributed by atoms with Gasteiger partial charge in [0.25, 0.3) is 0 Å². The van der Waals surface area contributed by atoms with E-state index in [2.05, 4.69) is 25.6 Å². The van der Waals surface area contributed by atoms with E-state index in [1.54, 1.807) is 6.07 Å². The molecule has 1 N–H and O–H groups in total. The van der Waals surface area contributed by atoms with Gasteiger partial charge in [-0.25, -0.2) is 4.63 Å². The summed E-state index contributed by atoms with van der Waals surface area (Å²) in [5.74, 6) is -0.276. The molecule has 1 aliphatic heterocycles. The quantitative estimate of drug-likeness (QED) is 0.487. The molecule has 146 valence electrons. The molecule has 3 aromatic rings. The number of fused-ring (bicyclic) bond motifs is 1. The van der Waals surface area contributed by atoms with Gasteiger partial charge in [0, 0.05) is 26.1 Å². The number of carbonyl (C=O) groups is 1. The number of benzene rings is 1. The lowest BCUT2D eigenvalue weighted by Gasteiger charge is -2.28. The van der Waals surface area contributed by atoms with Gasteiger partial charge in [-0.15, -0.1) is 0 Å². The van der Waals surface area contributed by atoms with Crippen LogP contribution in [0.5, 0.6) is 0 Å². The lowest BCUT2D eigenvalue weighted by Crippen LogP contribution is -2.36. The Bertz CT molecular complexity index is 1010. The van der Waals surface area contributed by atoms with Gasteiger partial charge < -0.3 is 15.0 Å². The van der Waals surface area contributed by atoms with Crippen LogP contribution in [0.25, 0.3) is 11.0 Å². The molecule has 1 fully saturated rings. The third-order valence-corrected chi connectivity index (χ3v) is 4.42. The number of rotatable bonds is 6. The molecule has 12 nitrogen and oxygen atoms in total. The van der Waals surface area contributed by atoms with Crippen molar-refractivity contribution in [2.24, 2.45) is 0 Å². The molecule has 0 atom stereocenters. The van der Waals surface area contributed by atoms with Crippen molar-refractivity contribution in [2.75, 3.05) is 36.5 Å². The molecule has 1 aromatic carbocycles. The summed E-state index contributed by atoms with van der Waals surface area (Å²) in [6, 6.07) is 3.62. The van der Waals surface area contributed by atoms with E-state index < -0.39 is 4.92 Å². The molecule has 0 radical (unpaired) electrons. The van der Waals surface area contributed by atoms with Crippen LogP contribution >= 0.6 is 0 Å². The average molecular weight is 387 g/mol. The molecule has 4 rings (SSSR count). The molecule has 0 spiro atoms. The van der Waals surface area contributed by atoms with Crippen LogP contribution in [0.3, 0.4) is 0 Å². The largest absolute Gasteiger partial charge is 0.378 e. The third-order valence-electron chi connectivity index (χ3n) is 4.42. The first-order valence-corrected chi connectivity index (χ1v) is 8.66. The summed E-state index contributed by atoms with van der Waals surface area (Å²) >= 11 is 0. The maximum absolute atomic E-state index is 12.3. The van der Waals surface area contributed by atoms with Crippen molar-refractivity contribution in [1.29, 1.82) is 0 Å². The predicted molar refractivity (Wildman–Crippen MR) is 97.0 cm³/mol. The van der Waals surface area contributed by atoms with E-state index in [0.717, 1.165) is 25.0 Å². The number of nitrogens with zero attached hydrogens (tertiary/aromatic N) is 6. The first kappa shape index (κ1) is 17.9. The minimum atomic E-state index is -0.534. The van der Waals surface area contributed by atoms with Gasteiger partial charge in [-0.3, -0.25) is 19.6 Å². The Morgan fingerprint density at radius 1 is 1.25 bits per heavy atom. The summed E-state index contributed by atoms with van der Waals surface area (Å²) in [7, 11) is 0. The van der Waals surface area contributed by atoms with Gasteiger partial charge in [-0.1, -0.05) is 0 Å². The minimum Gasteiger partial charge on any atom is -0.378 e. The second-order valence-corrected chi connectivity index (χ2v) is 6.21. The minimum absolute atomic E-state index is 0.0941. The Kier molecular flexibility index (Phi) is 4.85. The first-order chi connectivity index (χ1) is 13.6. The van der Waals surface area contributed by atoms with Crippen molar-refractivity contribution >= 4 is 34.0 Å². The van der Waals surface area contributed by atoms with Crippen molar-refractivity contribution in [2.45, 2.75) is 13.0 Å². The number of hydrogen-bond donors (Lipinski definition) is 1. The zero-order valence-corrected chi connectivity index (χ0v) is 14.8. The van der Waals surface area contributed by atoms with E-state index in [1.165, 1.54) is 10.9 Å². The van der Waals surface area contributed by atoms with E-state index in [1.807, 2.05) is 6.07 Å². The average Bonchev–Trinajstić information content (AvgIpc) is 3.37. The van der Waals surface area contributed by atoms with Crippen LogP contribution in [-0.2, 0) is 16.1 Å². The summed E-state index contributed by atoms with van der Waals surface area (Å²) in [6.45, 7) is 2.97. The Labute approximate surface area is 158 Å². The van der Waals surface area contributed by atoms with Crippen LogP contribution in [0.1, 0.15) is 6.42 Å². The van der Waals surface area contributed by atoms with E-state index in [0.29, 0.717) is 29.9 Å². The monoisotopic (exact) mass is 387 g/mol. The van der Waals surface area contributed by atoms with Crippen LogP contribution in [0.4, 0.5) is 17.1 Å². The zero-order chi connectivity index (χ0) is 19.5. The van der Waals surface area contributed by atoms with Crippen molar-refractivity contribution in [3.05, 3.63) is 34.6 Å². The molecule has 1 saturated heterocycles. The molecule has 0 saturated carbocycles. The van der Waals surface area contributed by atoms with E-state index in [4.69, 9.17) is 9.37 Å². The van der Waals surface area contributed by atoms with Gasteiger partial charge in [0.1, 0.15) is 12.4 Å². The maximum Gasteiger partial charge on any atom is 0.306 e.